The SMILES string of the molecule is CC(C)c1csc(CN=C(N)Nc2ccccn2)n1. The van der Waals surface area contributed by atoms with Gasteiger partial charge in [-0.15, -0.1) is 11.3 Å². The molecule has 0 unspecified atom stereocenters. The largest absolute Gasteiger partial charge is 0.370 e. The first kappa shape index (κ1) is 13.5. The van der Waals surface area contributed by atoms with Gasteiger partial charge in [-0.2, -0.15) is 0 Å². The van der Waals surface area contributed by atoms with Crippen molar-refractivity contribution in [3.05, 3.63) is 40.5 Å². The summed E-state index contributed by atoms with van der Waals surface area (Å²) in [6, 6.07) is 5.57. The predicted molar refractivity (Wildman–Crippen MR) is 79.4 cm³/mol. The molecule has 5 nitrogen and oxygen atoms in total. The maximum atomic E-state index is 5.80. The predicted octanol–water partition coefficient (Wildman–Crippen LogP) is 2.59. The number of nitrogens with one attached hydrogen (secondary N) is 1. The number of rotatable bonds is 4. The fraction of sp³-hybridized carbons (Fsp3) is 0.308. The van der Waals surface area contributed by atoms with Crippen molar-refractivity contribution in [2.45, 2.75) is 26.3 Å². The molecule has 2 rings (SSSR count). The second-order valence-electron chi connectivity index (χ2n) is 4.36. The lowest BCUT2D eigenvalue weighted by atomic mass is 10.2. The molecule has 0 aromatic carbocycles. The van der Waals surface area contributed by atoms with Crippen molar-refractivity contribution in [3.8, 4) is 0 Å². The average Bonchev–Trinajstić information content (AvgIpc) is 2.86. The third kappa shape index (κ3) is 4.03. The van der Waals surface area contributed by atoms with Crippen LogP contribution in [0, 0.1) is 0 Å². The Morgan fingerprint density at radius 3 is 2.95 bits per heavy atom. The number of hydrogen-bond donors (Lipinski definition) is 2. The molecular formula is C13H17N5S. The van der Waals surface area contributed by atoms with Crippen LogP contribution in [-0.2, 0) is 6.54 Å². The van der Waals surface area contributed by atoms with Gasteiger partial charge in [-0.25, -0.2) is 15.0 Å². The van der Waals surface area contributed by atoms with Crippen LogP contribution in [0.15, 0.2) is 34.8 Å². The van der Waals surface area contributed by atoms with E-state index in [0.717, 1.165) is 10.7 Å². The van der Waals surface area contributed by atoms with Crippen LogP contribution in [0.5, 0.6) is 0 Å². The number of aromatic nitrogens is 2. The van der Waals surface area contributed by atoms with E-state index in [0.29, 0.717) is 24.2 Å². The quantitative estimate of drug-likeness (QED) is 0.664. The summed E-state index contributed by atoms with van der Waals surface area (Å²) < 4.78 is 0. The molecule has 0 spiro atoms. The molecule has 19 heavy (non-hydrogen) atoms. The Kier molecular flexibility index (Phi) is 4.46. The Bertz CT molecular complexity index is 547. The van der Waals surface area contributed by atoms with Gasteiger partial charge in [0.15, 0.2) is 5.96 Å². The summed E-state index contributed by atoms with van der Waals surface area (Å²) in [5, 5.41) is 5.97. The molecule has 0 saturated carbocycles. The van der Waals surface area contributed by atoms with E-state index in [2.05, 4.69) is 39.5 Å². The van der Waals surface area contributed by atoms with Gasteiger partial charge in [0.2, 0.25) is 0 Å². The first-order valence-corrected chi connectivity index (χ1v) is 6.95. The van der Waals surface area contributed by atoms with Crippen LogP contribution in [0.25, 0.3) is 0 Å². The average molecular weight is 275 g/mol. The van der Waals surface area contributed by atoms with Crippen molar-refractivity contribution in [1.29, 1.82) is 0 Å². The van der Waals surface area contributed by atoms with Gasteiger partial charge in [-0.3, -0.25) is 0 Å². The summed E-state index contributed by atoms with van der Waals surface area (Å²) in [5.74, 6) is 1.48. The summed E-state index contributed by atoms with van der Waals surface area (Å²) in [6.07, 6.45) is 1.70. The van der Waals surface area contributed by atoms with E-state index in [1.54, 1.807) is 17.5 Å². The zero-order valence-corrected chi connectivity index (χ0v) is 11.8. The lowest BCUT2D eigenvalue weighted by Crippen LogP contribution is -2.23. The zero-order valence-electron chi connectivity index (χ0n) is 11.0. The van der Waals surface area contributed by atoms with E-state index >= 15 is 0 Å². The van der Waals surface area contributed by atoms with Crippen LogP contribution in [0.1, 0.15) is 30.5 Å². The molecule has 6 heteroatoms. The highest BCUT2D eigenvalue weighted by Gasteiger charge is 2.05. The third-order valence-electron chi connectivity index (χ3n) is 2.47. The van der Waals surface area contributed by atoms with E-state index in [1.165, 1.54) is 0 Å². The monoisotopic (exact) mass is 275 g/mol. The minimum Gasteiger partial charge on any atom is -0.370 e. The molecule has 0 aliphatic rings. The highest BCUT2D eigenvalue weighted by molar-refractivity contribution is 7.09. The van der Waals surface area contributed by atoms with Crippen molar-refractivity contribution < 1.29 is 0 Å². The molecule has 0 aliphatic heterocycles. The molecule has 0 aliphatic carbocycles. The standard InChI is InChI=1S/C13H17N5S/c1-9(2)10-8-19-12(17-10)7-16-13(14)18-11-5-3-4-6-15-11/h3-6,8-9H,7H2,1-2H3,(H3,14,15,16,18). The van der Waals surface area contributed by atoms with E-state index in [4.69, 9.17) is 5.73 Å². The van der Waals surface area contributed by atoms with Gasteiger partial charge in [0.1, 0.15) is 10.8 Å². The number of hydrogen-bond acceptors (Lipinski definition) is 4. The smallest absolute Gasteiger partial charge is 0.194 e. The van der Waals surface area contributed by atoms with Gasteiger partial charge in [0.05, 0.1) is 12.2 Å². The van der Waals surface area contributed by atoms with E-state index in [1.807, 2.05) is 18.2 Å². The fourth-order valence-corrected chi connectivity index (χ4v) is 2.30. The van der Waals surface area contributed by atoms with Crippen LogP contribution in [0.4, 0.5) is 5.82 Å². The Morgan fingerprint density at radius 1 is 1.47 bits per heavy atom. The van der Waals surface area contributed by atoms with Crippen molar-refractivity contribution >= 4 is 23.1 Å². The Hall–Kier alpha value is -1.95. The van der Waals surface area contributed by atoms with Crippen molar-refractivity contribution in [2.75, 3.05) is 5.32 Å². The van der Waals surface area contributed by atoms with Crippen LogP contribution < -0.4 is 11.1 Å². The fourth-order valence-electron chi connectivity index (χ4n) is 1.42. The summed E-state index contributed by atoms with van der Waals surface area (Å²) in [7, 11) is 0. The lowest BCUT2D eigenvalue weighted by Gasteiger charge is -2.03. The lowest BCUT2D eigenvalue weighted by molar-refractivity contribution is 0.821. The Balaban J connectivity index is 1.94. The number of nitrogens with two attached hydrogens (primary N) is 1. The molecular weight excluding hydrogens is 258 g/mol. The highest BCUT2D eigenvalue weighted by atomic mass is 32.1. The van der Waals surface area contributed by atoms with E-state index < -0.39 is 0 Å². The summed E-state index contributed by atoms with van der Waals surface area (Å²) in [4.78, 5) is 12.9. The van der Waals surface area contributed by atoms with Crippen LogP contribution in [0.3, 0.4) is 0 Å². The van der Waals surface area contributed by atoms with Gasteiger partial charge in [-0.1, -0.05) is 19.9 Å². The number of guanidine groups is 1. The zero-order chi connectivity index (χ0) is 13.7. The number of aliphatic imine (C=N–C) groups is 1. The van der Waals surface area contributed by atoms with Crippen molar-refractivity contribution in [2.24, 2.45) is 10.7 Å². The van der Waals surface area contributed by atoms with Crippen LogP contribution in [-0.4, -0.2) is 15.9 Å². The highest BCUT2D eigenvalue weighted by Crippen LogP contribution is 2.18. The maximum absolute atomic E-state index is 5.80. The number of nitrogens with zero attached hydrogens (tertiary/aromatic N) is 3. The maximum Gasteiger partial charge on any atom is 0.194 e. The molecule has 0 bridgehead atoms. The van der Waals surface area contributed by atoms with Gasteiger partial charge in [-0.05, 0) is 18.1 Å². The van der Waals surface area contributed by atoms with E-state index in [-0.39, 0.29) is 0 Å². The first-order chi connectivity index (χ1) is 9.15. The van der Waals surface area contributed by atoms with E-state index in [9.17, 15) is 0 Å². The second-order valence-corrected chi connectivity index (χ2v) is 5.30. The molecule has 0 atom stereocenters. The summed E-state index contributed by atoms with van der Waals surface area (Å²) in [6.45, 7) is 4.74. The Morgan fingerprint density at radius 2 is 2.32 bits per heavy atom. The first-order valence-electron chi connectivity index (χ1n) is 6.07. The van der Waals surface area contributed by atoms with Gasteiger partial charge in [0, 0.05) is 11.6 Å². The number of pyridine rings is 1. The minimum atomic E-state index is 0.347. The number of anilines is 1. The summed E-state index contributed by atoms with van der Waals surface area (Å²) >= 11 is 1.61. The summed E-state index contributed by atoms with van der Waals surface area (Å²) in [5.41, 5.74) is 6.90. The van der Waals surface area contributed by atoms with Gasteiger partial charge < -0.3 is 11.1 Å². The molecule has 0 radical (unpaired) electrons. The second kappa shape index (κ2) is 6.29. The molecule has 0 amide bonds. The van der Waals surface area contributed by atoms with Crippen molar-refractivity contribution in [3.63, 3.8) is 0 Å². The Labute approximate surface area is 116 Å². The van der Waals surface area contributed by atoms with Gasteiger partial charge in [0.25, 0.3) is 0 Å². The molecule has 2 heterocycles. The third-order valence-corrected chi connectivity index (χ3v) is 3.32. The molecule has 100 valence electrons. The van der Waals surface area contributed by atoms with Gasteiger partial charge >= 0.3 is 0 Å². The molecule has 2 aromatic rings. The van der Waals surface area contributed by atoms with Crippen LogP contribution in [0.2, 0.25) is 0 Å². The molecule has 0 fully saturated rings. The normalized spacial score (nSPS) is 11.8. The van der Waals surface area contributed by atoms with Crippen molar-refractivity contribution in [1.82, 2.24) is 9.97 Å². The minimum absolute atomic E-state index is 0.347. The van der Waals surface area contributed by atoms with Crippen LogP contribution >= 0.6 is 11.3 Å². The molecule has 3 N–H and O–H groups in total. The topological polar surface area (TPSA) is 76.2 Å². The molecule has 2 aromatic heterocycles. The number of thiazole rings is 1. The molecule has 0 saturated heterocycles.